The smallest absolute Gasteiger partial charge is 0.124 e. The first kappa shape index (κ1) is 12.0. The second-order valence-corrected chi connectivity index (χ2v) is 4.85. The monoisotopic (exact) mass is 254 g/mol. The van der Waals surface area contributed by atoms with E-state index in [1.165, 1.54) is 5.69 Å². The van der Waals surface area contributed by atoms with Crippen molar-refractivity contribution in [3.8, 4) is 0 Å². The minimum Gasteiger partial charge on any atom is -0.353 e. The minimum absolute atomic E-state index is 0.197. The van der Waals surface area contributed by atoms with Crippen LogP contribution in [-0.4, -0.2) is 14.5 Å². The number of aromatic amines is 1. The maximum absolute atomic E-state index is 4.61. The number of aryl methyl sites for hydroxylation is 1. The molecule has 1 unspecified atom stereocenters. The quantitative estimate of drug-likeness (QED) is 0.752. The zero-order chi connectivity index (χ0) is 13.2. The molecule has 0 saturated carbocycles. The van der Waals surface area contributed by atoms with Crippen LogP contribution < -0.4 is 5.32 Å². The first-order valence-electron chi connectivity index (χ1n) is 6.52. The Hall–Kier alpha value is -2.07. The zero-order valence-corrected chi connectivity index (χ0v) is 11.2. The SMILES string of the molecule is CC(NCc1cccn1C)c1nc2ccccc2[nH]1. The molecule has 0 amide bonds. The van der Waals surface area contributed by atoms with Gasteiger partial charge in [-0.2, -0.15) is 0 Å². The lowest BCUT2D eigenvalue weighted by Crippen LogP contribution is -2.20. The Labute approximate surface area is 112 Å². The molecule has 1 atom stereocenters. The second-order valence-electron chi connectivity index (χ2n) is 4.85. The van der Waals surface area contributed by atoms with Gasteiger partial charge in [-0.3, -0.25) is 0 Å². The van der Waals surface area contributed by atoms with Gasteiger partial charge < -0.3 is 14.9 Å². The van der Waals surface area contributed by atoms with Gasteiger partial charge in [0.15, 0.2) is 0 Å². The molecule has 0 saturated heterocycles. The van der Waals surface area contributed by atoms with Crippen molar-refractivity contribution < 1.29 is 0 Å². The molecule has 0 spiro atoms. The molecule has 3 rings (SSSR count). The van der Waals surface area contributed by atoms with Gasteiger partial charge >= 0.3 is 0 Å². The Bertz CT molecular complexity index is 647. The van der Waals surface area contributed by atoms with E-state index >= 15 is 0 Å². The number of hydrogen-bond donors (Lipinski definition) is 2. The Morgan fingerprint density at radius 1 is 1.26 bits per heavy atom. The maximum Gasteiger partial charge on any atom is 0.124 e. The van der Waals surface area contributed by atoms with Crippen LogP contribution in [0.3, 0.4) is 0 Å². The number of aromatic nitrogens is 3. The summed E-state index contributed by atoms with van der Waals surface area (Å²) in [7, 11) is 2.06. The van der Waals surface area contributed by atoms with E-state index in [2.05, 4.69) is 58.2 Å². The topological polar surface area (TPSA) is 45.6 Å². The summed E-state index contributed by atoms with van der Waals surface area (Å²) < 4.78 is 2.12. The van der Waals surface area contributed by atoms with Crippen LogP contribution in [0.25, 0.3) is 11.0 Å². The highest BCUT2D eigenvalue weighted by Gasteiger charge is 2.10. The third-order valence-electron chi connectivity index (χ3n) is 3.46. The lowest BCUT2D eigenvalue weighted by atomic mass is 10.3. The third kappa shape index (κ3) is 2.39. The number of rotatable bonds is 4. The number of H-pyrrole nitrogens is 1. The van der Waals surface area contributed by atoms with Crippen LogP contribution in [0, 0.1) is 0 Å². The summed E-state index contributed by atoms with van der Waals surface area (Å²) in [4.78, 5) is 7.97. The maximum atomic E-state index is 4.61. The van der Waals surface area contributed by atoms with Gasteiger partial charge in [0.2, 0.25) is 0 Å². The number of para-hydroxylation sites is 2. The molecule has 19 heavy (non-hydrogen) atoms. The van der Waals surface area contributed by atoms with E-state index in [4.69, 9.17) is 0 Å². The first-order valence-corrected chi connectivity index (χ1v) is 6.52. The van der Waals surface area contributed by atoms with Crippen LogP contribution in [0.5, 0.6) is 0 Å². The van der Waals surface area contributed by atoms with Crippen LogP contribution in [0.15, 0.2) is 42.6 Å². The molecular weight excluding hydrogens is 236 g/mol. The van der Waals surface area contributed by atoms with E-state index in [1.807, 2.05) is 18.2 Å². The molecule has 3 aromatic rings. The molecule has 0 radical (unpaired) electrons. The number of hydrogen-bond acceptors (Lipinski definition) is 2. The lowest BCUT2D eigenvalue weighted by molar-refractivity contribution is 0.538. The first-order chi connectivity index (χ1) is 9.24. The average Bonchev–Trinajstić information content (AvgIpc) is 3.01. The Morgan fingerprint density at radius 3 is 2.84 bits per heavy atom. The van der Waals surface area contributed by atoms with E-state index in [0.29, 0.717) is 0 Å². The van der Waals surface area contributed by atoms with E-state index in [9.17, 15) is 0 Å². The fourth-order valence-electron chi connectivity index (χ4n) is 2.21. The van der Waals surface area contributed by atoms with Gasteiger partial charge in [0, 0.05) is 25.5 Å². The van der Waals surface area contributed by atoms with Gasteiger partial charge in [-0.25, -0.2) is 4.98 Å². The summed E-state index contributed by atoms with van der Waals surface area (Å²) >= 11 is 0. The highest BCUT2D eigenvalue weighted by Crippen LogP contribution is 2.15. The molecule has 0 aliphatic carbocycles. The predicted octanol–water partition coefficient (Wildman–Crippen LogP) is 2.75. The summed E-state index contributed by atoms with van der Waals surface area (Å²) in [6.45, 7) is 2.96. The number of imidazole rings is 1. The van der Waals surface area contributed by atoms with Crippen molar-refractivity contribution in [1.82, 2.24) is 19.9 Å². The van der Waals surface area contributed by atoms with Crippen LogP contribution >= 0.6 is 0 Å². The van der Waals surface area contributed by atoms with Gasteiger partial charge in [0.1, 0.15) is 5.82 Å². The molecule has 1 aromatic carbocycles. The highest BCUT2D eigenvalue weighted by molar-refractivity contribution is 5.74. The second kappa shape index (κ2) is 4.90. The highest BCUT2D eigenvalue weighted by atomic mass is 15.0. The van der Waals surface area contributed by atoms with Crippen LogP contribution in [-0.2, 0) is 13.6 Å². The van der Waals surface area contributed by atoms with Gasteiger partial charge in [-0.15, -0.1) is 0 Å². The van der Waals surface area contributed by atoms with Crippen LogP contribution in [0.4, 0.5) is 0 Å². The van der Waals surface area contributed by atoms with Gasteiger partial charge in [-0.05, 0) is 31.2 Å². The average molecular weight is 254 g/mol. The van der Waals surface area contributed by atoms with Crippen LogP contribution in [0.1, 0.15) is 24.5 Å². The molecule has 2 heterocycles. The van der Waals surface area contributed by atoms with Crippen molar-refractivity contribution in [3.63, 3.8) is 0 Å². The minimum atomic E-state index is 0.197. The third-order valence-corrected chi connectivity index (χ3v) is 3.46. The summed E-state index contributed by atoms with van der Waals surface area (Å²) in [5.41, 5.74) is 3.37. The number of nitrogens with one attached hydrogen (secondary N) is 2. The molecule has 4 heteroatoms. The van der Waals surface area contributed by atoms with Gasteiger partial charge in [0.05, 0.1) is 17.1 Å². The summed E-state index contributed by atoms with van der Waals surface area (Å²) in [6, 6.07) is 12.5. The molecule has 2 N–H and O–H groups in total. The standard InChI is InChI=1S/C15H18N4/c1-11(16-10-12-6-5-9-19(12)2)15-17-13-7-3-4-8-14(13)18-15/h3-9,11,16H,10H2,1-2H3,(H,17,18). The van der Waals surface area contributed by atoms with E-state index < -0.39 is 0 Å². The number of nitrogens with zero attached hydrogens (tertiary/aromatic N) is 2. The van der Waals surface area contributed by atoms with Crippen molar-refractivity contribution in [2.24, 2.45) is 7.05 Å². The van der Waals surface area contributed by atoms with Crippen LogP contribution in [0.2, 0.25) is 0 Å². The van der Waals surface area contributed by atoms with Gasteiger partial charge in [-0.1, -0.05) is 12.1 Å². The van der Waals surface area contributed by atoms with E-state index in [0.717, 1.165) is 23.4 Å². The Kier molecular flexibility index (Phi) is 3.09. The molecular formula is C15H18N4. The van der Waals surface area contributed by atoms with Crippen molar-refractivity contribution in [2.75, 3.05) is 0 Å². The molecule has 4 nitrogen and oxygen atoms in total. The van der Waals surface area contributed by atoms with Gasteiger partial charge in [0.25, 0.3) is 0 Å². The predicted molar refractivity (Wildman–Crippen MR) is 76.8 cm³/mol. The normalized spacial score (nSPS) is 12.9. The molecule has 2 aromatic heterocycles. The molecule has 0 bridgehead atoms. The molecule has 0 fully saturated rings. The number of benzene rings is 1. The lowest BCUT2D eigenvalue weighted by Gasteiger charge is -2.11. The fourth-order valence-corrected chi connectivity index (χ4v) is 2.21. The molecule has 98 valence electrons. The molecule has 0 aliphatic heterocycles. The fraction of sp³-hybridized carbons (Fsp3) is 0.267. The van der Waals surface area contributed by atoms with Crippen molar-refractivity contribution >= 4 is 11.0 Å². The number of fused-ring (bicyclic) bond motifs is 1. The summed E-state index contributed by atoms with van der Waals surface area (Å²) in [5, 5.41) is 3.49. The largest absolute Gasteiger partial charge is 0.353 e. The summed E-state index contributed by atoms with van der Waals surface area (Å²) in [5.74, 6) is 0.982. The molecule has 0 aliphatic rings. The Balaban J connectivity index is 1.73. The van der Waals surface area contributed by atoms with E-state index in [-0.39, 0.29) is 6.04 Å². The zero-order valence-electron chi connectivity index (χ0n) is 11.2. The summed E-state index contributed by atoms with van der Waals surface area (Å²) in [6.07, 6.45) is 2.06. The van der Waals surface area contributed by atoms with E-state index in [1.54, 1.807) is 0 Å². The van der Waals surface area contributed by atoms with Crippen molar-refractivity contribution in [3.05, 3.63) is 54.1 Å². The van der Waals surface area contributed by atoms with Crippen molar-refractivity contribution in [2.45, 2.75) is 19.5 Å². The Morgan fingerprint density at radius 2 is 2.11 bits per heavy atom. The van der Waals surface area contributed by atoms with Crippen molar-refractivity contribution in [1.29, 1.82) is 0 Å².